The lowest BCUT2D eigenvalue weighted by Gasteiger charge is -2.23. The third-order valence-corrected chi connectivity index (χ3v) is 2.48. The quantitative estimate of drug-likeness (QED) is 0.785. The van der Waals surface area contributed by atoms with Gasteiger partial charge in [-0.3, -0.25) is 0 Å². The van der Waals surface area contributed by atoms with Gasteiger partial charge in [0.2, 0.25) is 0 Å². The molecule has 1 aromatic rings. The van der Waals surface area contributed by atoms with E-state index in [0.29, 0.717) is 6.04 Å². The van der Waals surface area contributed by atoms with Crippen molar-refractivity contribution in [2.75, 3.05) is 25.5 Å². The lowest BCUT2D eigenvalue weighted by Crippen LogP contribution is -2.35. The van der Waals surface area contributed by atoms with Gasteiger partial charge in [-0.2, -0.15) is 0 Å². The molecule has 2 nitrogen and oxygen atoms in total. The summed E-state index contributed by atoms with van der Waals surface area (Å²) in [5.74, 6) is 0. The van der Waals surface area contributed by atoms with E-state index in [2.05, 4.69) is 55.4 Å². The summed E-state index contributed by atoms with van der Waals surface area (Å²) in [7, 11) is 4.12. The van der Waals surface area contributed by atoms with Crippen molar-refractivity contribution < 1.29 is 0 Å². The van der Waals surface area contributed by atoms with Crippen molar-refractivity contribution in [1.29, 1.82) is 0 Å². The van der Waals surface area contributed by atoms with Crippen LogP contribution < -0.4 is 10.2 Å². The maximum atomic E-state index is 3.24. The maximum Gasteiger partial charge on any atom is 0.0366 e. The highest BCUT2D eigenvalue weighted by molar-refractivity contribution is 5.47. The van der Waals surface area contributed by atoms with E-state index in [1.807, 2.05) is 7.05 Å². The number of nitrogens with zero attached hydrogens (tertiary/aromatic N) is 1. The molecule has 1 N–H and O–H groups in total. The van der Waals surface area contributed by atoms with Crippen LogP contribution in [0.4, 0.5) is 5.69 Å². The number of hydrogen-bond acceptors (Lipinski definition) is 2. The molecule has 0 aliphatic carbocycles. The highest BCUT2D eigenvalue weighted by Crippen LogP contribution is 2.14. The summed E-state index contributed by atoms with van der Waals surface area (Å²) < 4.78 is 0. The number of nitrogens with one attached hydrogen (secondary N) is 1. The predicted molar refractivity (Wildman–Crippen MR) is 63.0 cm³/mol. The summed E-state index contributed by atoms with van der Waals surface area (Å²) in [5.41, 5.74) is 2.60. The second kappa shape index (κ2) is 5.01. The molecule has 2 heteroatoms. The third kappa shape index (κ3) is 3.04. The van der Waals surface area contributed by atoms with Gasteiger partial charge >= 0.3 is 0 Å². The molecule has 0 spiro atoms. The molecule has 1 unspecified atom stereocenters. The monoisotopic (exact) mass is 192 g/mol. The van der Waals surface area contributed by atoms with Crippen LogP contribution in [-0.2, 0) is 0 Å². The van der Waals surface area contributed by atoms with Gasteiger partial charge in [0.05, 0.1) is 0 Å². The fourth-order valence-electron chi connectivity index (χ4n) is 1.47. The van der Waals surface area contributed by atoms with Crippen LogP contribution in [0.3, 0.4) is 0 Å². The molecule has 14 heavy (non-hydrogen) atoms. The van der Waals surface area contributed by atoms with Gasteiger partial charge in [0.25, 0.3) is 0 Å². The second-order valence-corrected chi connectivity index (χ2v) is 3.91. The Morgan fingerprint density at radius 1 is 1.43 bits per heavy atom. The van der Waals surface area contributed by atoms with Gasteiger partial charge in [0, 0.05) is 25.3 Å². The van der Waals surface area contributed by atoms with Crippen molar-refractivity contribution in [2.45, 2.75) is 19.9 Å². The number of anilines is 1. The van der Waals surface area contributed by atoms with Gasteiger partial charge in [-0.25, -0.2) is 0 Å². The molecule has 0 amide bonds. The van der Waals surface area contributed by atoms with Gasteiger partial charge in [-0.05, 0) is 38.6 Å². The molecule has 0 aliphatic rings. The van der Waals surface area contributed by atoms with Crippen molar-refractivity contribution in [3.05, 3.63) is 29.8 Å². The molecular formula is C12H20N2. The first-order valence-electron chi connectivity index (χ1n) is 5.08. The van der Waals surface area contributed by atoms with Gasteiger partial charge in [0.15, 0.2) is 0 Å². The van der Waals surface area contributed by atoms with Crippen LogP contribution in [0.5, 0.6) is 0 Å². The standard InChI is InChI=1S/C12H20N2/c1-10-6-5-7-12(8-10)14(4)9-11(2)13-3/h5-8,11,13H,9H2,1-4H3. The molecule has 0 saturated heterocycles. The zero-order valence-corrected chi connectivity index (χ0v) is 9.54. The summed E-state index contributed by atoms with van der Waals surface area (Å²) in [6.45, 7) is 5.34. The normalized spacial score (nSPS) is 12.6. The van der Waals surface area contributed by atoms with E-state index >= 15 is 0 Å². The summed E-state index contributed by atoms with van der Waals surface area (Å²) in [5, 5.41) is 3.24. The molecule has 78 valence electrons. The van der Waals surface area contributed by atoms with E-state index < -0.39 is 0 Å². The lowest BCUT2D eigenvalue weighted by molar-refractivity contribution is 0.605. The molecule has 0 saturated carbocycles. The van der Waals surface area contributed by atoms with E-state index in [0.717, 1.165) is 6.54 Å². The van der Waals surface area contributed by atoms with E-state index in [1.54, 1.807) is 0 Å². The summed E-state index contributed by atoms with van der Waals surface area (Å²) in [6, 6.07) is 9.10. The molecule has 0 aromatic heterocycles. The number of aryl methyl sites for hydroxylation is 1. The van der Waals surface area contributed by atoms with Crippen molar-refractivity contribution in [3.8, 4) is 0 Å². The van der Waals surface area contributed by atoms with Crippen LogP contribution in [0.15, 0.2) is 24.3 Å². The molecule has 1 rings (SSSR count). The summed E-state index contributed by atoms with van der Waals surface area (Å²) in [4.78, 5) is 2.27. The molecule has 0 aliphatic heterocycles. The van der Waals surface area contributed by atoms with Gasteiger partial charge in [-0.15, -0.1) is 0 Å². The van der Waals surface area contributed by atoms with Crippen molar-refractivity contribution >= 4 is 5.69 Å². The molecule has 1 aromatic carbocycles. The lowest BCUT2D eigenvalue weighted by atomic mass is 10.2. The Kier molecular flexibility index (Phi) is 3.96. The first-order chi connectivity index (χ1) is 6.63. The zero-order valence-electron chi connectivity index (χ0n) is 9.54. The number of rotatable bonds is 4. The topological polar surface area (TPSA) is 15.3 Å². The Labute approximate surface area is 86.9 Å². The number of hydrogen-bond donors (Lipinski definition) is 1. The van der Waals surface area contributed by atoms with Gasteiger partial charge < -0.3 is 10.2 Å². The summed E-state index contributed by atoms with van der Waals surface area (Å²) >= 11 is 0. The molecule has 0 fully saturated rings. The Balaban J connectivity index is 2.64. The molecule has 0 radical (unpaired) electrons. The number of benzene rings is 1. The third-order valence-electron chi connectivity index (χ3n) is 2.48. The Bertz CT molecular complexity index is 283. The largest absolute Gasteiger partial charge is 0.373 e. The van der Waals surface area contributed by atoms with Crippen LogP contribution in [-0.4, -0.2) is 26.7 Å². The highest BCUT2D eigenvalue weighted by atomic mass is 15.1. The Morgan fingerprint density at radius 2 is 2.14 bits per heavy atom. The second-order valence-electron chi connectivity index (χ2n) is 3.91. The van der Waals surface area contributed by atoms with E-state index in [9.17, 15) is 0 Å². The van der Waals surface area contributed by atoms with Crippen LogP contribution in [0.1, 0.15) is 12.5 Å². The maximum absolute atomic E-state index is 3.24. The first kappa shape index (κ1) is 11.1. The van der Waals surface area contributed by atoms with Gasteiger partial charge in [0.1, 0.15) is 0 Å². The van der Waals surface area contributed by atoms with Crippen LogP contribution in [0, 0.1) is 6.92 Å². The van der Waals surface area contributed by atoms with E-state index in [4.69, 9.17) is 0 Å². The summed E-state index contributed by atoms with van der Waals surface area (Å²) in [6.07, 6.45) is 0. The molecule has 0 bridgehead atoms. The number of likely N-dealkylation sites (N-methyl/N-ethyl adjacent to an activating group) is 2. The Morgan fingerprint density at radius 3 is 2.71 bits per heavy atom. The average Bonchev–Trinajstić information content (AvgIpc) is 2.17. The van der Waals surface area contributed by atoms with Crippen LogP contribution in [0.25, 0.3) is 0 Å². The fourth-order valence-corrected chi connectivity index (χ4v) is 1.47. The first-order valence-corrected chi connectivity index (χ1v) is 5.08. The average molecular weight is 192 g/mol. The van der Waals surface area contributed by atoms with Gasteiger partial charge in [-0.1, -0.05) is 12.1 Å². The van der Waals surface area contributed by atoms with Crippen LogP contribution in [0.2, 0.25) is 0 Å². The minimum atomic E-state index is 0.514. The van der Waals surface area contributed by atoms with E-state index in [1.165, 1.54) is 11.3 Å². The SMILES string of the molecule is CNC(C)CN(C)c1cccc(C)c1. The minimum Gasteiger partial charge on any atom is -0.373 e. The van der Waals surface area contributed by atoms with E-state index in [-0.39, 0.29) is 0 Å². The molecule has 1 atom stereocenters. The van der Waals surface area contributed by atoms with Crippen molar-refractivity contribution in [3.63, 3.8) is 0 Å². The zero-order chi connectivity index (χ0) is 10.6. The minimum absolute atomic E-state index is 0.514. The van der Waals surface area contributed by atoms with Crippen LogP contribution >= 0.6 is 0 Å². The smallest absolute Gasteiger partial charge is 0.0366 e. The van der Waals surface area contributed by atoms with Crippen molar-refractivity contribution in [1.82, 2.24) is 5.32 Å². The van der Waals surface area contributed by atoms with Crippen molar-refractivity contribution in [2.24, 2.45) is 0 Å². The predicted octanol–water partition coefficient (Wildman–Crippen LogP) is 2.04. The fraction of sp³-hybridized carbons (Fsp3) is 0.500. The highest BCUT2D eigenvalue weighted by Gasteiger charge is 2.04. The Hall–Kier alpha value is -1.02. The molecular weight excluding hydrogens is 172 g/mol. The molecule has 0 heterocycles.